The Morgan fingerprint density at radius 1 is 1.07 bits per heavy atom. The molecule has 4 N–H and O–H groups in total. The molecule has 10 heteroatoms. The Balaban J connectivity index is 1.76. The molecule has 0 amide bonds. The van der Waals surface area contributed by atoms with Crippen molar-refractivity contribution < 1.29 is 44.0 Å². The van der Waals surface area contributed by atoms with Gasteiger partial charge in [0.25, 0.3) is 0 Å². The second-order valence-electron chi connectivity index (χ2n) is 14.1. The summed E-state index contributed by atoms with van der Waals surface area (Å²) in [6, 6.07) is 0. The minimum Gasteiger partial charge on any atom is -0.461 e. The third-order valence-electron chi connectivity index (χ3n) is 10.6. The van der Waals surface area contributed by atoms with Crippen LogP contribution in [0.5, 0.6) is 0 Å². The molecule has 1 unspecified atom stereocenters. The van der Waals surface area contributed by atoms with Gasteiger partial charge in [0.05, 0.1) is 23.8 Å². The summed E-state index contributed by atoms with van der Waals surface area (Å²) in [5.74, 6) is -2.10. The maximum atomic E-state index is 13.7. The standard InChI is InChI=1S/C35H53NO9/c1-8-11-12-13-14-15-26(38)43-31-23-16-22(19-37)28(39)35(42)30(44-32(41)27-24(9-2)36-45-25(27)10-3)20(4)17-34(35,29(23)40)21(5)18-33(31,6)7/h16-17,21,23,28-31,37,39-40,42H,8-15,18-19H2,1-7H3/t21-,23-,28-,29?,30+,31-,34+,35+/m1/s1. The van der Waals surface area contributed by atoms with E-state index in [0.717, 1.165) is 25.7 Å². The number of hydrogen-bond donors (Lipinski definition) is 4. The molecule has 4 rings (SSSR count). The summed E-state index contributed by atoms with van der Waals surface area (Å²) in [6.07, 6.45) is 4.45. The van der Waals surface area contributed by atoms with Crippen LogP contribution in [0.15, 0.2) is 27.8 Å². The smallest absolute Gasteiger partial charge is 0.344 e. The number of aryl methyl sites for hydroxylation is 2. The number of esters is 2. The van der Waals surface area contributed by atoms with Gasteiger partial charge in [-0.05, 0) is 43.3 Å². The first-order valence-corrected chi connectivity index (χ1v) is 16.7. The Labute approximate surface area is 266 Å². The number of nitrogens with zero attached hydrogens (tertiary/aromatic N) is 1. The average molecular weight is 632 g/mol. The van der Waals surface area contributed by atoms with Crippen molar-refractivity contribution in [1.82, 2.24) is 5.16 Å². The zero-order valence-electron chi connectivity index (χ0n) is 28.0. The van der Waals surface area contributed by atoms with Gasteiger partial charge in [-0.2, -0.15) is 0 Å². The van der Waals surface area contributed by atoms with Gasteiger partial charge in [-0.15, -0.1) is 0 Å². The third-order valence-corrected chi connectivity index (χ3v) is 10.6. The fourth-order valence-electron chi connectivity index (χ4n) is 8.43. The van der Waals surface area contributed by atoms with E-state index < -0.39 is 65.3 Å². The largest absolute Gasteiger partial charge is 0.461 e. The van der Waals surface area contributed by atoms with E-state index in [0.29, 0.717) is 42.7 Å². The van der Waals surface area contributed by atoms with Gasteiger partial charge in [-0.25, -0.2) is 4.79 Å². The second kappa shape index (κ2) is 13.7. The molecule has 0 saturated heterocycles. The molecule has 1 aromatic rings. The lowest BCUT2D eigenvalue weighted by atomic mass is 9.58. The van der Waals surface area contributed by atoms with Crippen LogP contribution >= 0.6 is 0 Å². The fourth-order valence-corrected chi connectivity index (χ4v) is 8.43. The Kier molecular flexibility index (Phi) is 10.7. The number of carbonyl (C=O) groups is 2. The van der Waals surface area contributed by atoms with Gasteiger partial charge in [-0.3, -0.25) is 4.79 Å². The Hall–Kier alpha value is -2.53. The lowest BCUT2D eigenvalue weighted by Crippen LogP contribution is -2.66. The molecule has 0 radical (unpaired) electrons. The van der Waals surface area contributed by atoms with Crippen molar-refractivity contribution in [3.05, 3.63) is 40.3 Å². The second-order valence-corrected chi connectivity index (χ2v) is 14.1. The van der Waals surface area contributed by atoms with Crippen molar-refractivity contribution >= 4 is 11.9 Å². The number of unbranched alkanes of at least 4 members (excludes halogenated alkanes) is 4. The molecule has 252 valence electrons. The quantitative estimate of drug-likeness (QED) is 0.146. The van der Waals surface area contributed by atoms with E-state index in [1.807, 2.05) is 34.6 Å². The monoisotopic (exact) mass is 631 g/mol. The van der Waals surface area contributed by atoms with E-state index in [1.54, 1.807) is 19.1 Å². The predicted octanol–water partition coefficient (Wildman–Crippen LogP) is 4.61. The maximum absolute atomic E-state index is 13.7. The summed E-state index contributed by atoms with van der Waals surface area (Å²) in [5.41, 5.74) is -3.29. The topological polar surface area (TPSA) is 160 Å². The van der Waals surface area contributed by atoms with Crippen LogP contribution < -0.4 is 0 Å². The van der Waals surface area contributed by atoms with Crippen LogP contribution in [-0.4, -0.2) is 74.1 Å². The van der Waals surface area contributed by atoms with Gasteiger partial charge in [-0.1, -0.05) is 84.5 Å². The van der Waals surface area contributed by atoms with Crippen molar-refractivity contribution in [1.29, 1.82) is 0 Å². The minimum absolute atomic E-state index is 0.0616. The molecule has 1 saturated carbocycles. The zero-order valence-corrected chi connectivity index (χ0v) is 28.0. The number of ether oxygens (including phenoxy) is 2. The van der Waals surface area contributed by atoms with E-state index in [-0.39, 0.29) is 23.5 Å². The summed E-state index contributed by atoms with van der Waals surface area (Å²) >= 11 is 0. The number of rotatable bonds is 12. The Morgan fingerprint density at radius 2 is 1.76 bits per heavy atom. The summed E-state index contributed by atoms with van der Waals surface area (Å²) < 4.78 is 17.6. The van der Waals surface area contributed by atoms with Crippen molar-refractivity contribution in [2.24, 2.45) is 22.7 Å². The molecular weight excluding hydrogens is 578 g/mol. The first kappa shape index (κ1) is 35.3. The van der Waals surface area contributed by atoms with E-state index in [2.05, 4.69) is 12.1 Å². The number of aliphatic hydroxyl groups is 4. The first-order valence-electron chi connectivity index (χ1n) is 16.7. The lowest BCUT2D eigenvalue weighted by molar-refractivity contribution is -0.215. The highest BCUT2D eigenvalue weighted by molar-refractivity contribution is 5.92. The van der Waals surface area contributed by atoms with Crippen LogP contribution in [0.25, 0.3) is 0 Å². The van der Waals surface area contributed by atoms with Crippen molar-refractivity contribution in [3.8, 4) is 0 Å². The molecule has 3 aliphatic rings. The molecule has 8 atom stereocenters. The highest BCUT2D eigenvalue weighted by atomic mass is 16.6. The molecule has 1 fully saturated rings. The summed E-state index contributed by atoms with van der Waals surface area (Å²) in [5, 5.41) is 51.6. The van der Waals surface area contributed by atoms with E-state index >= 15 is 0 Å². The first-order chi connectivity index (χ1) is 21.2. The molecule has 45 heavy (non-hydrogen) atoms. The average Bonchev–Trinajstić information content (AvgIpc) is 3.49. The van der Waals surface area contributed by atoms with E-state index in [4.69, 9.17) is 14.0 Å². The maximum Gasteiger partial charge on any atom is 0.344 e. The summed E-state index contributed by atoms with van der Waals surface area (Å²) in [4.78, 5) is 26.9. The normalized spacial score (nSPS) is 33.8. The van der Waals surface area contributed by atoms with Gasteiger partial charge in [0.2, 0.25) is 0 Å². The van der Waals surface area contributed by atoms with Crippen LogP contribution in [0.1, 0.15) is 115 Å². The van der Waals surface area contributed by atoms with Crippen LogP contribution in [0.3, 0.4) is 0 Å². The number of aromatic nitrogens is 1. The van der Waals surface area contributed by atoms with E-state index in [1.165, 1.54) is 0 Å². The number of fused-ring (bicyclic) bond motifs is 1. The van der Waals surface area contributed by atoms with Crippen molar-refractivity contribution in [2.45, 2.75) is 136 Å². The third kappa shape index (κ3) is 5.92. The van der Waals surface area contributed by atoms with Crippen LogP contribution in [0.4, 0.5) is 0 Å². The molecule has 1 spiro atoms. The molecule has 2 bridgehead atoms. The zero-order chi connectivity index (χ0) is 33.3. The van der Waals surface area contributed by atoms with Crippen molar-refractivity contribution in [2.75, 3.05) is 6.61 Å². The SMILES string of the molecule is CCCCCCCC(=O)O[C@@H]1[C@@H]2C=C(CO)[C@@H](O)[C@]3(O)[C@@H](OC(=O)c4c(CC)noc4CC)C(C)=C[C@@]3(C2O)[C@H](C)CC1(C)C. The molecular formula is C35H53NO9. The van der Waals surface area contributed by atoms with Crippen LogP contribution in [0.2, 0.25) is 0 Å². The highest BCUT2D eigenvalue weighted by Gasteiger charge is 2.73. The van der Waals surface area contributed by atoms with Gasteiger partial charge < -0.3 is 34.4 Å². The molecule has 1 heterocycles. The highest BCUT2D eigenvalue weighted by Crippen LogP contribution is 2.63. The fraction of sp³-hybridized carbons (Fsp3) is 0.743. The molecule has 0 aromatic carbocycles. The van der Waals surface area contributed by atoms with Gasteiger partial charge >= 0.3 is 11.9 Å². The number of aliphatic hydroxyl groups excluding tert-OH is 3. The number of hydrogen-bond acceptors (Lipinski definition) is 10. The van der Waals surface area contributed by atoms with Crippen LogP contribution in [0, 0.1) is 22.7 Å². The lowest BCUT2D eigenvalue weighted by Gasteiger charge is -2.51. The molecule has 1 aromatic heterocycles. The minimum atomic E-state index is -2.25. The summed E-state index contributed by atoms with van der Waals surface area (Å²) in [6.45, 7) is 12.7. The Morgan fingerprint density at radius 3 is 2.38 bits per heavy atom. The summed E-state index contributed by atoms with van der Waals surface area (Å²) in [7, 11) is 0. The van der Waals surface area contributed by atoms with Crippen molar-refractivity contribution in [3.63, 3.8) is 0 Å². The van der Waals surface area contributed by atoms with E-state index in [9.17, 15) is 30.0 Å². The number of carbonyl (C=O) groups excluding carboxylic acids is 2. The predicted molar refractivity (Wildman–Crippen MR) is 167 cm³/mol. The molecule has 10 nitrogen and oxygen atoms in total. The van der Waals surface area contributed by atoms with Crippen LogP contribution in [-0.2, 0) is 27.1 Å². The van der Waals surface area contributed by atoms with Gasteiger partial charge in [0.15, 0.2) is 11.9 Å². The Bertz CT molecular complexity index is 1280. The van der Waals surface area contributed by atoms with Gasteiger partial charge in [0, 0.05) is 24.2 Å². The molecule has 0 aliphatic heterocycles. The van der Waals surface area contributed by atoms with Gasteiger partial charge in [0.1, 0.15) is 23.4 Å². The molecule has 3 aliphatic carbocycles.